The fourth-order valence-electron chi connectivity index (χ4n) is 2.87. The maximum atomic E-state index is 9.58. The molecule has 1 aliphatic heterocycles. The average Bonchev–Trinajstić information content (AvgIpc) is 2.28. The van der Waals surface area contributed by atoms with E-state index >= 15 is 0 Å². The summed E-state index contributed by atoms with van der Waals surface area (Å²) >= 11 is 0. The summed E-state index contributed by atoms with van der Waals surface area (Å²) in [5.74, 6) is 0. The topological polar surface area (TPSA) is 41.5 Å². The van der Waals surface area contributed by atoms with Crippen molar-refractivity contribution in [2.45, 2.75) is 39.0 Å². The highest BCUT2D eigenvalue weighted by molar-refractivity contribution is 4.87. The maximum absolute atomic E-state index is 9.58. The third kappa shape index (κ3) is 2.76. The Hall–Kier alpha value is -0.120. The molecule has 3 heteroatoms. The molecule has 0 unspecified atom stereocenters. The van der Waals surface area contributed by atoms with E-state index in [2.05, 4.69) is 12.2 Å². The standard InChI is InChI=1S/C13H25NO2/c1-12(10-16-11-12)7-14-8-13(9-15)5-3-2-4-6-13/h14-15H,2-11H2,1H3. The van der Waals surface area contributed by atoms with Crippen LogP contribution in [0.4, 0.5) is 0 Å². The minimum absolute atomic E-state index is 0.166. The Balaban J connectivity index is 1.73. The smallest absolute Gasteiger partial charge is 0.0554 e. The molecule has 2 N–H and O–H groups in total. The lowest BCUT2D eigenvalue weighted by Gasteiger charge is -2.41. The van der Waals surface area contributed by atoms with Crippen LogP contribution in [0.25, 0.3) is 0 Å². The quantitative estimate of drug-likeness (QED) is 0.749. The maximum Gasteiger partial charge on any atom is 0.0554 e. The van der Waals surface area contributed by atoms with Gasteiger partial charge in [0.1, 0.15) is 0 Å². The first-order valence-electron chi connectivity index (χ1n) is 6.58. The van der Waals surface area contributed by atoms with Gasteiger partial charge in [-0.25, -0.2) is 0 Å². The lowest BCUT2D eigenvalue weighted by Crippen LogP contribution is -2.50. The summed E-state index contributed by atoms with van der Waals surface area (Å²) in [5.41, 5.74) is 0.504. The van der Waals surface area contributed by atoms with Crippen molar-refractivity contribution in [3.05, 3.63) is 0 Å². The second-order valence-corrected chi connectivity index (χ2v) is 6.13. The summed E-state index contributed by atoms with van der Waals surface area (Å²) in [7, 11) is 0. The van der Waals surface area contributed by atoms with Crippen LogP contribution in [-0.2, 0) is 4.74 Å². The van der Waals surface area contributed by atoms with Gasteiger partial charge in [-0.2, -0.15) is 0 Å². The molecule has 16 heavy (non-hydrogen) atoms. The minimum Gasteiger partial charge on any atom is -0.396 e. The highest BCUT2D eigenvalue weighted by Gasteiger charge is 2.35. The molecule has 1 saturated carbocycles. The van der Waals surface area contributed by atoms with Crippen molar-refractivity contribution in [3.63, 3.8) is 0 Å². The van der Waals surface area contributed by atoms with Gasteiger partial charge in [0.05, 0.1) is 13.2 Å². The fourth-order valence-corrected chi connectivity index (χ4v) is 2.87. The Kier molecular flexibility index (Phi) is 3.88. The van der Waals surface area contributed by atoms with Gasteiger partial charge in [0, 0.05) is 30.5 Å². The van der Waals surface area contributed by atoms with Crippen LogP contribution < -0.4 is 5.32 Å². The Labute approximate surface area is 98.6 Å². The normalized spacial score (nSPS) is 27.4. The molecule has 1 saturated heterocycles. The van der Waals surface area contributed by atoms with Gasteiger partial charge in [-0.15, -0.1) is 0 Å². The number of hydrogen-bond donors (Lipinski definition) is 2. The summed E-state index contributed by atoms with van der Waals surface area (Å²) in [6, 6.07) is 0. The van der Waals surface area contributed by atoms with Crippen molar-refractivity contribution in [3.8, 4) is 0 Å². The van der Waals surface area contributed by atoms with E-state index in [0.29, 0.717) is 12.0 Å². The first-order valence-corrected chi connectivity index (χ1v) is 6.58. The summed E-state index contributed by atoms with van der Waals surface area (Å²) in [6.45, 7) is 6.36. The molecule has 2 aliphatic rings. The summed E-state index contributed by atoms with van der Waals surface area (Å²) in [4.78, 5) is 0. The second-order valence-electron chi connectivity index (χ2n) is 6.13. The molecule has 2 rings (SSSR count). The molecule has 3 nitrogen and oxygen atoms in total. The Morgan fingerprint density at radius 3 is 2.31 bits per heavy atom. The zero-order chi connectivity index (χ0) is 11.5. The predicted molar refractivity (Wildman–Crippen MR) is 64.4 cm³/mol. The predicted octanol–water partition coefficient (Wildman–Crippen LogP) is 1.56. The van der Waals surface area contributed by atoms with E-state index in [0.717, 1.165) is 26.3 Å². The van der Waals surface area contributed by atoms with Gasteiger partial charge in [-0.3, -0.25) is 0 Å². The molecule has 94 valence electrons. The highest BCUT2D eigenvalue weighted by atomic mass is 16.5. The van der Waals surface area contributed by atoms with Gasteiger partial charge in [0.15, 0.2) is 0 Å². The molecule has 0 radical (unpaired) electrons. The number of nitrogens with one attached hydrogen (secondary N) is 1. The van der Waals surface area contributed by atoms with Gasteiger partial charge in [0.2, 0.25) is 0 Å². The van der Waals surface area contributed by atoms with Crippen LogP contribution in [0.1, 0.15) is 39.0 Å². The van der Waals surface area contributed by atoms with Crippen LogP contribution in [0.2, 0.25) is 0 Å². The summed E-state index contributed by atoms with van der Waals surface area (Å²) in [5, 5.41) is 13.1. The molecule has 0 bridgehead atoms. The van der Waals surface area contributed by atoms with E-state index in [1.165, 1.54) is 32.1 Å². The summed E-state index contributed by atoms with van der Waals surface area (Å²) in [6.07, 6.45) is 6.27. The van der Waals surface area contributed by atoms with Gasteiger partial charge >= 0.3 is 0 Å². The third-order valence-electron chi connectivity index (χ3n) is 4.20. The molecule has 0 aromatic rings. The lowest BCUT2D eigenvalue weighted by atomic mass is 9.74. The zero-order valence-corrected chi connectivity index (χ0v) is 10.4. The molecule has 0 aromatic carbocycles. The largest absolute Gasteiger partial charge is 0.396 e. The van der Waals surface area contributed by atoms with Gasteiger partial charge in [-0.1, -0.05) is 26.2 Å². The number of rotatable bonds is 5. The molecular formula is C13H25NO2. The highest BCUT2D eigenvalue weighted by Crippen LogP contribution is 2.35. The van der Waals surface area contributed by atoms with E-state index < -0.39 is 0 Å². The molecule has 0 aromatic heterocycles. The van der Waals surface area contributed by atoms with E-state index in [1.807, 2.05) is 0 Å². The molecular weight excluding hydrogens is 202 g/mol. The average molecular weight is 227 g/mol. The first-order chi connectivity index (χ1) is 7.68. The number of hydrogen-bond acceptors (Lipinski definition) is 3. The van der Waals surface area contributed by atoms with Crippen LogP contribution in [0.3, 0.4) is 0 Å². The molecule has 0 spiro atoms. The van der Waals surface area contributed by atoms with E-state index in [4.69, 9.17) is 4.74 Å². The van der Waals surface area contributed by atoms with Crippen LogP contribution in [0, 0.1) is 10.8 Å². The van der Waals surface area contributed by atoms with E-state index in [-0.39, 0.29) is 5.41 Å². The van der Waals surface area contributed by atoms with Crippen molar-refractivity contribution < 1.29 is 9.84 Å². The van der Waals surface area contributed by atoms with Crippen LogP contribution in [-0.4, -0.2) is 38.0 Å². The van der Waals surface area contributed by atoms with Crippen molar-refractivity contribution >= 4 is 0 Å². The molecule has 0 atom stereocenters. The van der Waals surface area contributed by atoms with Crippen molar-refractivity contribution in [1.82, 2.24) is 5.32 Å². The first kappa shape index (κ1) is 12.3. The van der Waals surface area contributed by atoms with Gasteiger partial charge in [0.25, 0.3) is 0 Å². The molecule has 0 amide bonds. The second kappa shape index (κ2) is 5.03. The Morgan fingerprint density at radius 2 is 1.81 bits per heavy atom. The zero-order valence-electron chi connectivity index (χ0n) is 10.4. The monoisotopic (exact) mass is 227 g/mol. The number of aliphatic hydroxyl groups excluding tert-OH is 1. The minimum atomic E-state index is 0.166. The Bertz CT molecular complexity index is 220. The molecule has 2 fully saturated rings. The van der Waals surface area contributed by atoms with E-state index in [1.54, 1.807) is 0 Å². The third-order valence-corrected chi connectivity index (χ3v) is 4.20. The van der Waals surface area contributed by atoms with Crippen molar-refractivity contribution in [2.75, 3.05) is 32.9 Å². The number of ether oxygens (including phenoxy) is 1. The van der Waals surface area contributed by atoms with Crippen LogP contribution in [0.15, 0.2) is 0 Å². The lowest BCUT2D eigenvalue weighted by molar-refractivity contribution is -0.100. The van der Waals surface area contributed by atoms with Crippen molar-refractivity contribution in [2.24, 2.45) is 10.8 Å². The van der Waals surface area contributed by atoms with E-state index in [9.17, 15) is 5.11 Å². The van der Waals surface area contributed by atoms with Crippen LogP contribution in [0.5, 0.6) is 0 Å². The number of aliphatic hydroxyl groups is 1. The van der Waals surface area contributed by atoms with Crippen molar-refractivity contribution in [1.29, 1.82) is 0 Å². The summed E-state index contributed by atoms with van der Waals surface area (Å²) < 4.78 is 5.24. The van der Waals surface area contributed by atoms with Gasteiger partial charge < -0.3 is 15.2 Å². The molecule has 1 heterocycles. The van der Waals surface area contributed by atoms with Gasteiger partial charge in [-0.05, 0) is 12.8 Å². The molecule has 1 aliphatic carbocycles. The SMILES string of the molecule is CC1(CNCC2(CO)CCCCC2)COC1. The van der Waals surface area contributed by atoms with Crippen LogP contribution >= 0.6 is 0 Å². The fraction of sp³-hybridized carbons (Fsp3) is 1.00. The Morgan fingerprint density at radius 1 is 1.12 bits per heavy atom.